The summed E-state index contributed by atoms with van der Waals surface area (Å²) in [6.07, 6.45) is 0. The second-order valence-corrected chi connectivity index (χ2v) is 9.01. The fourth-order valence-corrected chi connectivity index (χ4v) is 4.48. The van der Waals surface area contributed by atoms with Crippen LogP contribution in [-0.2, 0) is 16.6 Å². The molecule has 0 fully saturated rings. The Hall–Kier alpha value is -3.19. The molecule has 0 spiro atoms. The summed E-state index contributed by atoms with van der Waals surface area (Å²) in [5, 5.41) is 0. The van der Waals surface area contributed by atoms with Crippen LogP contribution in [0, 0.1) is 12.7 Å². The van der Waals surface area contributed by atoms with Crippen molar-refractivity contribution in [1.82, 2.24) is 4.90 Å². The molecule has 0 N–H and O–H groups in total. The summed E-state index contributed by atoms with van der Waals surface area (Å²) < 4.78 is 40.8. The minimum Gasteiger partial charge on any atom is -0.337 e. The van der Waals surface area contributed by atoms with Gasteiger partial charge in [-0.25, -0.2) is 12.8 Å². The molecule has 5 nitrogen and oxygen atoms in total. The third kappa shape index (κ3) is 4.36. The zero-order valence-corrected chi connectivity index (χ0v) is 17.9. The molecule has 0 aliphatic rings. The lowest BCUT2D eigenvalue weighted by molar-refractivity contribution is 0.0784. The normalized spacial score (nSPS) is 11.2. The van der Waals surface area contributed by atoms with Crippen molar-refractivity contribution >= 4 is 21.6 Å². The van der Waals surface area contributed by atoms with E-state index in [1.165, 1.54) is 34.5 Å². The van der Waals surface area contributed by atoms with Gasteiger partial charge in [0.1, 0.15) is 5.82 Å². The summed E-state index contributed by atoms with van der Waals surface area (Å²) in [5.41, 5.74) is 1.95. The third-order valence-electron chi connectivity index (χ3n) is 4.90. The van der Waals surface area contributed by atoms with E-state index in [1.807, 2.05) is 0 Å². The smallest absolute Gasteiger partial charge is 0.264 e. The fourth-order valence-electron chi connectivity index (χ4n) is 3.20. The first-order valence-corrected chi connectivity index (χ1v) is 10.8. The highest BCUT2D eigenvalue weighted by molar-refractivity contribution is 7.92. The van der Waals surface area contributed by atoms with Crippen molar-refractivity contribution < 1.29 is 17.6 Å². The number of rotatable bonds is 6. The first kappa shape index (κ1) is 21.5. The fraction of sp³-hybridized carbons (Fsp3) is 0.174. The molecule has 0 bridgehead atoms. The van der Waals surface area contributed by atoms with Gasteiger partial charge in [0.05, 0.1) is 10.6 Å². The van der Waals surface area contributed by atoms with Gasteiger partial charge in [0.25, 0.3) is 15.9 Å². The van der Waals surface area contributed by atoms with Gasteiger partial charge in [-0.05, 0) is 48.9 Å². The number of hydrogen-bond donors (Lipinski definition) is 0. The average Bonchev–Trinajstić information content (AvgIpc) is 2.74. The number of hydrogen-bond acceptors (Lipinski definition) is 3. The minimum atomic E-state index is -3.71. The van der Waals surface area contributed by atoms with Crippen LogP contribution in [0.5, 0.6) is 0 Å². The van der Waals surface area contributed by atoms with Crippen LogP contribution < -0.4 is 4.31 Å². The Balaban J connectivity index is 1.82. The number of benzene rings is 3. The highest BCUT2D eigenvalue weighted by atomic mass is 32.2. The minimum absolute atomic E-state index is 0.134. The number of anilines is 1. The second kappa shape index (κ2) is 8.67. The van der Waals surface area contributed by atoms with Gasteiger partial charge in [0, 0.05) is 31.8 Å². The lowest BCUT2D eigenvalue weighted by Crippen LogP contribution is -2.28. The van der Waals surface area contributed by atoms with Crippen LogP contribution in [0.3, 0.4) is 0 Å². The maximum absolute atomic E-state index is 13.9. The number of carbonyl (C=O) groups excluding carboxylic acids is 1. The zero-order chi connectivity index (χ0) is 21.9. The molecule has 0 radical (unpaired) electrons. The van der Waals surface area contributed by atoms with Gasteiger partial charge in [-0.3, -0.25) is 9.10 Å². The number of halogens is 1. The van der Waals surface area contributed by atoms with Gasteiger partial charge in [-0.1, -0.05) is 36.4 Å². The summed E-state index contributed by atoms with van der Waals surface area (Å²) >= 11 is 0. The van der Waals surface area contributed by atoms with Gasteiger partial charge < -0.3 is 4.90 Å². The van der Waals surface area contributed by atoms with Crippen LogP contribution in [0.4, 0.5) is 10.1 Å². The molecule has 0 aliphatic heterocycles. The molecule has 156 valence electrons. The van der Waals surface area contributed by atoms with Crippen LogP contribution in [0.2, 0.25) is 0 Å². The number of carbonyl (C=O) groups is 1. The van der Waals surface area contributed by atoms with E-state index < -0.39 is 10.0 Å². The second-order valence-electron chi connectivity index (χ2n) is 7.04. The lowest BCUT2D eigenvalue weighted by atomic mass is 10.1. The molecule has 0 heterocycles. The zero-order valence-electron chi connectivity index (χ0n) is 17.0. The van der Waals surface area contributed by atoms with E-state index in [0.717, 1.165) is 0 Å². The van der Waals surface area contributed by atoms with E-state index in [4.69, 9.17) is 0 Å². The SMILES string of the molecule is Cc1cc(C(=O)N(C)Cc2ccccc2F)ccc1N(C)S(=O)(=O)c1ccccc1. The third-order valence-corrected chi connectivity index (χ3v) is 6.68. The van der Waals surface area contributed by atoms with Gasteiger partial charge in [-0.15, -0.1) is 0 Å². The lowest BCUT2D eigenvalue weighted by Gasteiger charge is -2.23. The summed E-state index contributed by atoms with van der Waals surface area (Å²) in [7, 11) is -0.629. The maximum Gasteiger partial charge on any atom is 0.264 e. The molecule has 7 heteroatoms. The molecular formula is C23H23FN2O3S. The van der Waals surface area contributed by atoms with Crippen LogP contribution in [-0.4, -0.2) is 33.3 Å². The van der Waals surface area contributed by atoms with Crippen LogP contribution in [0.25, 0.3) is 0 Å². The van der Waals surface area contributed by atoms with Crippen molar-refractivity contribution in [3.63, 3.8) is 0 Å². The van der Waals surface area contributed by atoms with E-state index in [9.17, 15) is 17.6 Å². The number of nitrogens with zero attached hydrogens (tertiary/aromatic N) is 2. The van der Waals surface area contributed by atoms with Crippen molar-refractivity contribution in [1.29, 1.82) is 0 Å². The Morgan fingerprint density at radius 1 is 0.933 bits per heavy atom. The van der Waals surface area contributed by atoms with Crippen LogP contribution in [0.1, 0.15) is 21.5 Å². The van der Waals surface area contributed by atoms with Crippen molar-refractivity contribution in [2.75, 3.05) is 18.4 Å². The van der Waals surface area contributed by atoms with Crippen LogP contribution in [0.15, 0.2) is 77.7 Å². The molecule has 0 atom stereocenters. The van der Waals surface area contributed by atoms with Crippen molar-refractivity contribution in [3.05, 3.63) is 95.3 Å². The van der Waals surface area contributed by atoms with Gasteiger partial charge >= 0.3 is 0 Å². The van der Waals surface area contributed by atoms with E-state index in [0.29, 0.717) is 22.4 Å². The first-order chi connectivity index (χ1) is 14.2. The Labute approximate surface area is 176 Å². The Morgan fingerprint density at radius 3 is 2.20 bits per heavy atom. The van der Waals surface area contributed by atoms with Crippen molar-refractivity contribution in [2.45, 2.75) is 18.4 Å². The molecule has 0 aromatic heterocycles. The number of aryl methyl sites for hydroxylation is 1. The molecule has 3 rings (SSSR count). The largest absolute Gasteiger partial charge is 0.337 e. The number of sulfonamides is 1. The molecule has 30 heavy (non-hydrogen) atoms. The van der Waals surface area contributed by atoms with Crippen molar-refractivity contribution in [3.8, 4) is 0 Å². The molecular weight excluding hydrogens is 403 g/mol. The topological polar surface area (TPSA) is 57.7 Å². The molecule has 3 aromatic carbocycles. The highest BCUT2D eigenvalue weighted by Crippen LogP contribution is 2.26. The van der Waals surface area contributed by atoms with E-state index >= 15 is 0 Å². The Bertz CT molecular complexity index is 1160. The molecule has 0 saturated heterocycles. The Morgan fingerprint density at radius 2 is 1.57 bits per heavy atom. The van der Waals surface area contributed by atoms with E-state index in [1.54, 1.807) is 68.6 Å². The molecule has 0 saturated carbocycles. The van der Waals surface area contributed by atoms with E-state index in [-0.39, 0.29) is 23.2 Å². The summed E-state index contributed by atoms with van der Waals surface area (Å²) in [6, 6.07) is 19.3. The Kier molecular flexibility index (Phi) is 6.22. The quantitative estimate of drug-likeness (QED) is 0.593. The predicted octanol–water partition coefficient (Wildman–Crippen LogP) is 4.23. The molecule has 0 aliphatic carbocycles. The highest BCUT2D eigenvalue weighted by Gasteiger charge is 2.23. The van der Waals surface area contributed by atoms with Gasteiger partial charge in [0.2, 0.25) is 0 Å². The average molecular weight is 427 g/mol. The monoisotopic (exact) mass is 426 g/mol. The van der Waals surface area contributed by atoms with E-state index in [2.05, 4.69) is 0 Å². The summed E-state index contributed by atoms with van der Waals surface area (Å²) in [6.45, 7) is 1.88. The summed E-state index contributed by atoms with van der Waals surface area (Å²) in [4.78, 5) is 14.4. The maximum atomic E-state index is 13.9. The molecule has 3 aromatic rings. The standard InChI is InChI=1S/C23H23FN2O3S/c1-17-15-18(23(27)25(2)16-19-9-7-8-12-21(19)24)13-14-22(17)26(3)30(28,29)20-10-5-4-6-11-20/h4-15H,16H2,1-3H3. The summed E-state index contributed by atoms with van der Waals surface area (Å²) in [5.74, 6) is -0.641. The van der Waals surface area contributed by atoms with Gasteiger partial charge in [0.15, 0.2) is 0 Å². The first-order valence-electron chi connectivity index (χ1n) is 9.35. The molecule has 1 amide bonds. The predicted molar refractivity (Wildman–Crippen MR) is 115 cm³/mol. The molecule has 0 unspecified atom stereocenters. The van der Waals surface area contributed by atoms with Crippen LogP contribution >= 0.6 is 0 Å². The van der Waals surface area contributed by atoms with Crippen molar-refractivity contribution in [2.24, 2.45) is 0 Å². The van der Waals surface area contributed by atoms with Gasteiger partial charge in [-0.2, -0.15) is 0 Å². The number of amides is 1.